The van der Waals surface area contributed by atoms with E-state index >= 15 is 0 Å². The molecular weight excluding hydrogens is 347 g/mol. The average molecular weight is 359 g/mol. The molecule has 0 aliphatic rings. The average Bonchev–Trinajstić information content (AvgIpc) is 3.02. The summed E-state index contributed by atoms with van der Waals surface area (Å²) in [6.45, 7) is 1.74. The number of aromatic nitrogens is 1. The maximum Gasteiger partial charge on any atom is 0.426 e. The number of nitrogens with one attached hydrogen (secondary N) is 2. The van der Waals surface area contributed by atoms with Gasteiger partial charge in [-0.3, -0.25) is 10.2 Å². The summed E-state index contributed by atoms with van der Waals surface area (Å²) >= 11 is 1.01. The summed E-state index contributed by atoms with van der Waals surface area (Å²) in [5.74, 6) is -0.711. The number of ether oxygens (including phenoxy) is 1. The van der Waals surface area contributed by atoms with E-state index in [0.717, 1.165) is 23.5 Å². The van der Waals surface area contributed by atoms with Gasteiger partial charge in [0.05, 0.1) is 12.2 Å². The molecule has 0 aliphatic carbocycles. The summed E-state index contributed by atoms with van der Waals surface area (Å²) in [5.41, 5.74) is 3.50. The standard InChI is InChI=1S/C14H12F3N3O3S/c1-2-23-13(22)20-19-11(21)10-7-24-12(18-10)8-4-3-5-9(6-8)14(15,16)17/h3-7H,2H2,1H3,(H,19,21)(H,20,22). The molecule has 2 aromatic rings. The molecule has 1 aromatic heterocycles. The van der Waals surface area contributed by atoms with Crippen molar-refractivity contribution in [3.8, 4) is 10.6 Å². The minimum Gasteiger partial charge on any atom is -0.449 e. The van der Waals surface area contributed by atoms with Gasteiger partial charge in [-0.25, -0.2) is 15.2 Å². The fourth-order valence-electron chi connectivity index (χ4n) is 1.68. The lowest BCUT2D eigenvalue weighted by molar-refractivity contribution is -0.137. The third-order valence-electron chi connectivity index (χ3n) is 2.73. The Hall–Kier alpha value is -2.62. The minimum absolute atomic E-state index is 0.0378. The van der Waals surface area contributed by atoms with E-state index in [9.17, 15) is 22.8 Å². The van der Waals surface area contributed by atoms with Gasteiger partial charge >= 0.3 is 12.3 Å². The Bertz CT molecular complexity index is 746. The first-order valence-corrected chi connectivity index (χ1v) is 7.55. The monoisotopic (exact) mass is 359 g/mol. The number of amides is 2. The van der Waals surface area contributed by atoms with E-state index in [-0.39, 0.29) is 22.9 Å². The second kappa shape index (κ2) is 7.30. The van der Waals surface area contributed by atoms with E-state index in [2.05, 4.69) is 15.1 Å². The quantitative estimate of drug-likeness (QED) is 0.825. The summed E-state index contributed by atoms with van der Waals surface area (Å²) in [5, 5.41) is 1.62. The van der Waals surface area contributed by atoms with Crippen LogP contribution < -0.4 is 10.9 Å². The predicted octanol–water partition coefficient (Wildman–Crippen LogP) is 3.22. The van der Waals surface area contributed by atoms with Crippen LogP contribution >= 0.6 is 11.3 Å². The Kier molecular flexibility index (Phi) is 5.39. The number of nitrogens with zero attached hydrogens (tertiary/aromatic N) is 1. The second-order valence-corrected chi connectivity index (χ2v) is 5.27. The molecule has 24 heavy (non-hydrogen) atoms. The minimum atomic E-state index is -4.46. The lowest BCUT2D eigenvalue weighted by atomic mass is 10.1. The fourth-order valence-corrected chi connectivity index (χ4v) is 2.48. The molecule has 0 bridgehead atoms. The Balaban J connectivity index is 2.10. The molecule has 2 N–H and O–H groups in total. The summed E-state index contributed by atoms with van der Waals surface area (Å²) in [7, 11) is 0. The maximum atomic E-state index is 12.7. The molecule has 0 aliphatic heterocycles. The van der Waals surface area contributed by atoms with Crippen LogP contribution in [-0.4, -0.2) is 23.6 Å². The number of hydrogen-bond acceptors (Lipinski definition) is 5. The van der Waals surface area contributed by atoms with Crippen LogP contribution in [0.2, 0.25) is 0 Å². The number of thiazole rings is 1. The van der Waals surface area contributed by atoms with E-state index in [1.807, 2.05) is 5.43 Å². The van der Waals surface area contributed by atoms with Crippen LogP contribution in [0.1, 0.15) is 23.0 Å². The molecule has 0 atom stereocenters. The molecule has 0 unspecified atom stereocenters. The first kappa shape index (κ1) is 17.7. The van der Waals surface area contributed by atoms with Crippen molar-refractivity contribution < 1.29 is 27.5 Å². The van der Waals surface area contributed by atoms with Crippen LogP contribution in [0.5, 0.6) is 0 Å². The van der Waals surface area contributed by atoms with Gasteiger partial charge in [0, 0.05) is 10.9 Å². The summed E-state index contributed by atoms with van der Waals surface area (Å²) < 4.78 is 42.7. The van der Waals surface area contributed by atoms with E-state index in [4.69, 9.17) is 0 Å². The maximum absolute atomic E-state index is 12.7. The van der Waals surface area contributed by atoms with Gasteiger partial charge in [0.15, 0.2) is 0 Å². The number of hydrogen-bond donors (Lipinski definition) is 2. The first-order chi connectivity index (χ1) is 11.3. The smallest absolute Gasteiger partial charge is 0.426 e. The molecule has 2 rings (SSSR count). The number of hydrazine groups is 1. The Morgan fingerprint density at radius 2 is 2.04 bits per heavy atom. The van der Waals surface area contributed by atoms with Gasteiger partial charge in [-0.1, -0.05) is 12.1 Å². The summed E-state index contributed by atoms with van der Waals surface area (Å²) in [4.78, 5) is 26.8. The molecule has 10 heteroatoms. The van der Waals surface area contributed by atoms with Crippen molar-refractivity contribution in [3.05, 3.63) is 40.9 Å². The predicted molar refractivity (Wildman–Crippen MR) is 80.2 cm³/mol. The lowest BCUT2D eigenvalue weighted by Crippen LogP contribution is -2.42. The van der Waals surface area contributed by atoms with Gasteiger partial charge in [-0.15, -0.1) is 11.3 Å². The fraction of sp³-hybridized carbons (Fsp3) is 0.214. The normalized spacial score (nSPS) is 11.0. The van der Waals surface area contributed by atoms with Gasteiger partial charge in [-0.05, 0) is 19.1 Å². The van der Waals surface area contributed by atoms with Crippen LogP contribution in [0.4, 0.5) is 18.0 Å². The van der Waals surface area contributed by atoms with Crippen molar-refractivity contribution >= 4 is 23.3 Å². The van der Waals surface area contributed by atoms with Gasteiger partial charge in [-0.2, -0.15) is 13.2 Å². The third kappa shape index (κ3) is 4.44. The SMILES string of the molecule is CCOC(=O)NNC(=O)c1csc(-c2cccc(C(F)(F)F)c2)n1. The molecule has 128 valence electrons. The molecule has 0 radical (unpaired) electrons. The van der Waals surface area contributed by atoms with Crippen LogP contribution in [0.25, 0.3) is 10.6 Å². The second-order valence-electron chi connectivity index (χ2n) is 4.42. The number of halogens is 3. The molecule has 0 fully saturated rings. The van der Waals surface area contributed by atoms with Crippen molar-refractivity contribution in [2.45, 2.75) is 13.1 Å². The van der Waals surface area contributed by atoms with Gasteiger partial charge in [0.25, 0.3) is 5.91 Å². The van der Waals surface area contributed by atoms with Gasteiger partial charge in [0.2, 0.25) is 0 Å². The van der Waals surface area contributed by atoms with Crippen molar-refractivity contribution in [2.75, 3.05) is 6.61 Å². The van der Waals surface area contributed by atoms with Crippen LogP contribution in [0, 0.1) is 0 Å². The van der Waals surface area contributed by atoms with Crippen LogP contribution in [-0.2, 0) is 10.9 Å². The largest absolute Gasteiger partial charge is 0.449 e. The van der Waals surface area contributed by atoms with Crippen molar-refractivity contribution in [2.24, 2.45) is 0 Å². The van der Waals surface area contributed by atoms with Crippen molar-refractivity contribution in [1.82, 2.24) is 15.8 Å². The zero-order valence-electron chi connectivity index (χ0n) is 12.3. The molecule has 0 saturated carbocycles. The van der Waals surface area contributed by atoms with Crippen LogP contribution in [0.15, 0.2) is 29.6 Å². The highest BCUT2D eigenvalue weighted by Gasteiger charge is 2.30. The highest BCUT2D eigenvalue weighted by molar-refractivity contribution is 7.13. The number of carbonyl (C=O) groups excluding carboxylic acids is 2. The first-order valence-electron chi connectivity index (χ1n) is 6.67. The van der Waals surface area contributed by atoms with E-state index in [1.54, 1.807) is 6.92 Å². The number of benzene rings is 1. The zero-order valence-corrected chi connectivity index (χ0v) is 13.1. The number of carbonyl (C=O) groups is 2. The molecule has 1 heterocycles. The van der Waals surface area contributed by atoms with Gasteiger partial charge < -0.3 is 4.74 Å². The molecule has 0 saturated heterocycles. The Labute approximate surface area is 138 Å². The van der Waals surface area contributed by atoms with E-state index in [0.29, 0.717) is 0 Å². The van der Waals surface area contributed by atoms with E-state index < -0.39 is 23.7 Å². The molecule has 2 amide bonds. The van der Waals surface area contributed by atoms with Crippen LogP contribution in [0.3, 0.4) is 0 Å². The van der Waals surface area contributed by atoms with Gasteiger partial charge in [0.1, 0.15) is 10.7 Å². The summed E-state index contributed by atoms with van der Waals surface area (Å²) in [6, 6.07) is 4.64. The number of alkyl halides is 3. The Morgan fingerprint density at radius 1 is 1.29 bits per heavy atom. The Morgan fingerprint density at radius 3 is 2.71 bits per heavy atom. The van der Waals surface area contributed by atoms with Crippen molar-refractivity contribution in [3.63, 3.8) is 0 Å². The third-order valence-corrected chi connectivity index (χ3v) is 3.62. The van der Waals surface area contributed by atoms with Crippen molar-refractivity contribution in [1.29, 1.82) is 0 Å². The number of rotatable bonds is 3. The lowest BCUT2D eigenvalue weighted by Gasteiger charge is -2.07. The highest BCUT2D eigenvalue weighted by Crippen LogP contribution is 2.33. The highest BCUT2D eigenvalue weighted by atomic mass is 32.1. The topological polar surface area (TPSA) is 80.3 Å². The summed E-state index contributed by atoms with van der Waals surface area (Å²) in [6.07, 6.45) is -5.30. The molecular formula is C14H12F3N3O3S. The molecule has 6 nitrogen and oxygen atoms in total. The molecule has 0 spiro atoms. The van der Waals surface area contributed by atoms with E-state index in [1.165, 1.54) is 17.5 Å². The molecule has 1 aromatic carbocycles. The zero-order chi connectivity index (χ0) is 17.7.